The number of rotatable bonds is 2. The van der Waals surface area contributed by atoms with Crippen LogP contribution in [0.5, 0.6) is 0 Å². The summed E-state index contributed by atoms with van der Waals surface area (Å²) in [6.07, 6.45) is 3.45. The van der Waals surface area contributed by atoms with Crippen LogP contribution in [0, 0.1) is 0 Å². The normalized spacial score (nSPS) is 21.5. The highest BCUT2D eigenvalue weighted by Gasteiger charge is 2.27. The summed E-state index contributed by atoms with van der Waals surface area (Å²) in [7, 11) is 0. The predicted octanol–water partition coefficient (Wildman–Crippen LogP) is 3.07. The zero-order valence-corrected chi connectivity index (χ0v) is 12.0. The van der Waals surface area contributed by atoms with Gasteiger partial charge in [-0.1, -0.05) is 12.1 Å². The Hall–Kier alpha value is -2.36. The van der Waals surface area contributed by atoms with Crippen LogP contribution in [0.1, 0.15) is 42.2 Å². The van der Waals surface area contributed by atoms with E-state index in [1.165, 1.54) is 11.1 Å². The minimum Gasteiger partial charge on any atom is -0.397 e. The molecule has 0 aliphatic heterocycles. The van der Waals surface area contributed by atoms with Crippen molar-refractivity contribution in [3.05, 3.63) is 47.5 Å². The molecule has 0 aromatic heterocycles. The standard InChI is InChI=1S/C17H22N4/c18-14-5-3-12(8-16(14)20)10-1-2-11(7-10)13-4-6-15(19)17(21)9-13/h3-6,8-11H,1-2,7,18-21H2. The first-order valence-corrected chi connectivity index (χ1v) is 7.34. The monoisotopic (exact) mass is 282 g/mol. The van der Waals surface area contributed by atoms with Crippen LogP contribution >= 0.6 is 0 Å². The Balaban J connectivity index is 1.78. The molecule has 3 rings (SSSR count). The van der Waals surface area contributed by atoms with E-state index in [4.69, 9.17) is 22.9 Å². The number of hydrogen-bond acceptors (Lipinski definition) is 4. The van der Waals surface area contributed by atoms with Crippen molar-refractivity contribution >= 4 is 22.7 Å². The topological polar surface area (TPSA) is 104 Å². The molecule has 0 amide bonds. The second kappa shape index (κ2) is 5.20. The van der Waals surface area contributed by atoms with Crippen molar-refractivity contribution < 1.29 is 0 Å². The van der Waals surface area contributed by atoms with Crippen LogP contribution in [0.25, 0.3) is 0 Å². The molecule has 1 fully saturated rings. The average molecular weight is 282 g/mol. The lowest BCUT2D eigenvalue weighted by atomic mass is 9.92. The molecule has 110 valence electrons. The molecule has 21 heavy (non-hydrogen) atoms. The summed E-state index contributed by atoms with van der Waals surface area (Å²) < 4.78 is 0. The maximum absolute atomic E-state index is 5.92. The van der Waals surface area contributed by atoms with Crippen LogP contribution in [-0.2, 0) is 0 Å². The summed E-state index contributed by atoms with van der Waals surface area (Å²) >= 11 is 0. The summed E-state index contributed by atoms with van der Waals surface area (Å²) in [4.78, 5) is 0. The SMILES string of the molecule is Nc1ccc(C2CCC(c3ccc(N)c(N)c3)C2)cc1N. The molecule has 1 aliphatic rings. The van der Waals surface area contributed by atoms with E-state index in [0.29, 0.717) is 34.6 Å². The second-order valence-corrected chi connectivity index (χ2v) is 5.98. The van der Waals surface area contributed by atoms with Gasteiger partial charge >= 0.3 is 0 Å². The number of nitrogen functional groups attached to an aromatic ring is 4. The van der Waals surface area contributed by atoms with Gasteiger partial charge < -0.3 is 22.9 Å². The third-order valence-corrected chi connectivity index (χ3v) is 4.60. The minimum absolute atomic E-state index is 0.539. The Kier molecular flexibility index (Phi) is 3.37. The molecule has 4 nitrogen and oxygen atoms in total. The Morgan fingerprint density at radius 3 is 1.43 bits per heavy atom. The number of benzene rings is 2. The molecule has 1 saturated carbocycles. The van der Waals surface area contributed by atoms with Gasteiger partial charge in [0.25, 0.3) is 0 Å². The summed E-state index contributed by atoms with van der Waals surface area (Å²) in [6, 6.07) is 12.0. The zero-order valence-electron chi connectivity index (χ0n) is 12.0. The van der Waals surface area contributed by atoms with Crippen LogP contribution in [-0.4, -0.2) is 0 Å². The number of anilines is 4. The van der Waals surface area contributed by atoms with Gasteiger partial charge in [0.2, 0.25) is 0 Å². The fraction of sp³-hybridized carbons (Fsp3) is 0.294. The molecule has 2 aromatic carbocycles. The van der Waals surface area contributed by atoms with Crippen LogP contribution in [0.15, 0.2) is 36.4 Å². The number of hydrogen-bond donors (Lipinski definition) is 4. The summed E-state index contributed by atoms with van der Waals surface area (Å²) in [5, 5.41) is 0. The van der Waals surface area contributed by atoms with Gasteiger partial charge in [-0.15, -0.1) is 0 Å². The van der Waals surface area contributed by atoms with Gasteiger partial charge in [0.1, 0.15) is 0 Å². The van der Waals surface area contributed by atoms with E-state index in [1.807, 2.05) is 24.3 Å². The smallest absolute Gasteiger partial charge is 0.0550 e. The Bertz CT molecular complexity index is 608. The highest BCUT2D eigenvalue weighted by Crippen LogP contribution is 2.44. The van der Waals surface area contributed by atoms with E-state index in [9.17, 15) is 0 Å². The maximum atomic E-state index is 5.92. The van der Waals surface area contributed by atoms with Gasteiger partial charge in [0.05, 0.1) is 22.7 Å². The van der Waals surface area contributed by atoms with Crippen molar-refractivity contribution in [2.24, 2.45) is 0 Å². The molecular formula is C17H22N4. The Morgan fingerprint density at radius 2 is 1.05 bits per heavy atom. The molecule has 0 bridgehead atoms. The van der Waals surface area contributed by atoms with Crippen LogP contribution in [0.3, 0.4) is 0 Å². The van der Waals surface area contributed by atoms with Crippen LogP contribution in [0.2, 0.25) is 0 Å². The molecule has 0 saturated heterocycles. The molecule has 8 N–H and O–H groups in total. The first-order chi connectivity index (χ1) is 10.0. The zero-order chi connectivity index (χ0) is 15.0. The molecule has 4 heteroatoms. The third kappa shape index (κ3) is 2.61. The van der Waals surface area contributed by atoms with E-state index in [-0.39, 0.29) is 0 Å². The van der Waals surface area contributed by atoms with Crippen LogP contribution in [0.4, 0.5) is 22.7 Å². The van der Waals surface area contributed by atoms with Crippen molar-refractivity contribution in [2.75, 3.05) is 22.9 Å². The van der Waals surface area contributed by atoms with E-state index in [0.717, 1.165) is 19.3 Å². The molecule has 1 aliphatic carbocycles. The van der Waals surface area contributed by atoms with E-state index in [1.54, 1.807) is 0 Å². The molecule has 2 aromatic rings. The molecule has 0 radical (unpaired) electrons. The first kappa shape index (κ1) is 13.6. The third-order valence-electron chi connectivity index (χ3n) is 4.60. The maximum Gasteiger partial charge on any atom is 0.0550 e. The minimum atomic E-state index is 0.539. The van der Waals surface area contributed by atoms with E-state index >= 15 is 0 Å². The highest BCUT2D eigenvalue weighted by molar-refractivity contribution is 5.65. The molecular weight excluding hydrogens is 260 g/mol. The largest absolute Gasteiger partial charge is 0.397 e. The van der Waals surface area contributed by atoms with Crippen molar-refractivity contribution in [2.45, 2.75) is 31.1 Å². The van der Waals surface area contributed by atoms with Gasteiger partial charge in [-0.3, -0.25) is 0 Å². The lowest BCUT2D eigenvalue weighted by Gasteiger charge is -2.14. The molecule has 2 atom stereocenters. The van der Waals surface area contributed by atoms with E-state index < -0.39 is 0 Å². The van der Waals surface area contributed by atoms with Crippen molar-refractivity contribution in [1.29, 1.82) is 0 Å². The highest BCUT2D eigenvalue weighted by atomic mass is 14.7. The van der Waals surface area contributed by atoms with Crippen molar-refractivity contribution in [1.82, 2.24) is 0 Å². The van der Waals surface area contributed by atoms with Crippen molar-refractivity contribution in [3.63, 3.8) is 0 Å². The van der Waals surface area contributed by atoms with Gasteiger partial charge in [0.15, 0.2) is 0 Å². The lowest BCUT2D eigenvalue weighted by molar-refractivity contribution is 0.686. The molecule has 0 heterocycles. The van der Waals surface area contributed by atoms with Gasteiger partial charge in [-0.25, -0.2) is 0 Å². The summed E-state index contributed by atoms with van der Waals surface area (Å²) in [5.41, 5.74) is 28.6. The quantitative estimate of drug-likeness (QED) is 0.635. The summed E-state index contributed by atoms with van der Waals surface area (Å²) in [5.74, 6) is 1.08. The Morgan fingerprint density at radius 1 is 0.619 bits per heavy atom. The fourth-order valence-electron chi connectivity index (χ4n) is 3.28. The van der Waals surface area contributed by atoms with Crippen LogP contribution < -0.4 is 22.9 Å². The van der Waals surface area contributed by atoms with Gasteiger partial charge in [-0.05, 0) is 66.5 Å². The van der Waals surface area contributed by atoms with Gasteiger partial charge in [0, 0.05) is 0 Å². The fourth-order valence-corrected chi connectivity index (χ4v) is 3.28. The van der Waals surface area contributed by atoms with Crippen molar-refractivity contribution in [3.8, 4) is 0 Å². The first-order valence-electron chi connectivity index (χ1n) is 7.34. The second-order valence-electron chi connectivity index (χ2n) is 5.98. The van der Waals surface area contributed by atoms with Gasteiger partial charge in [-0.2, -0.15) is 0 Å². The number of nitrogens with two attached hydrogens (primary N) is 4. The predicted molar refractivity (Wildman–Crippen MR) is 89.9 cm³/mol. The van der Waals surface area contributed by atoms with E-state index in [2.05, 4.69) is 12.1 Å². The molecule has 2 unspecified atom stereocenters. The molecule has 0 spiro atoms. The average Bonchev–Trinajstić information content (AvgIpc) is 2.94. The lowest BCUT2D eigenvalue weighted by Crippen LogP contribution is -2.01. The Labute approximate surface area is 125 Å². The summed E-state index contributed by atoms with van der Waals surface area (Å²) in [6.45, 7) is 0.